The van der Waals surface area contributed by atoms with E-state index in [4.69, 9.17) is 9.47 Å². The number of rotatable bonds is 10. The highest BCUT2D eigenvalue weighted by atomic mass is 19.1. The summed E-state index contributed by atoms with van der Waals surface area (Å²) < 4.78 is 26.5. The van der Waals surface area contributed by atoms with Crippen molar-refractivity contribution in [2.24, 2.45) is 0 Å². The van der Waals surface area contributed by atoms with Crippen LogP contribution in [0.3, 0.4) is 0 Å². The summed E-state index contributed by atoms with van der Waals surface area (Å²) in [6.45, 7) is 1.97. The lowest BCUT2D eigenvalue weighted by atomic mass is 10.0. The van der Waals surface area contributed by atoms with E-state index in [9.17, 15) is 9.18 Å². The molecule has 0 saturated carbocycles. The van der Waals surface area contributed by atoms with Crippen molar-refractivity contribution >= 4 is 11.6 Å². The molecular weight excluding hydrogens is 479 g/mol. The van der Waals surface area contributed by atoms with E-state index in [0.29, 0.717) is 44.2 Å². The molecule has 2 atom stereocenters. The Morgan fingerprint density at radius 1 is 0.789 bits per heavy atom. The van der Waals surface area contributed by atoms with Crippen molar-refractivity contribution in [3.8, 4) is 5.75 Å². The minimum Gasteiger partial charge on any atom is -0.486 e. The van der Waals surface area contributed by atoms with E-state index >= 15 is 0 Å². The fourth-order valence-electron chi connectivity index (χ4n) is 4.78. The van der Waals surface area contributed by atoms with Gasteiger partial charge in [-0.3, -0.25) is 9.69 Å². The molecule has 0 aromatic heterocycles. The van der Waals surface area contributed by atoms with Crippen LogP contribution in [0.1, 0.15) is 23.1 Å². The monoisotopic (exact) mass is 510 g/mol. The molecule has 1 heterocycles. The molecular formula is C32H31FN2O3. The Hall–Kier alpha value is -4.00. The van der Waals surface area contributed by atoms with Crippen LogP contribution in [0.15, 0.2) is 109 Å². The van der Waals surface area contributed by atoms with Gasteiger partial charge in [0.15, 0.2) is 0 Å². The van der Waals surface area contributed by atoms with Crippen molar-refractivity contribution in [2.45, 2.75) is 38.3 Å². The van der Waals surface area contributed by atoms with Gasteiger partial charge in [0.25, 0.3) is 0 Å². The maximum atomic E-state index is 14.1. The lowest BCUT2D eigenvalue weighted by Gasteiger charge is -2.34. The average molecular weight is 511 g/mol. The van der Waals surface area contributed by atoms with Crippen molar-refractivity contribution in [3.63, 3.8) is 0 Å². The Labute approximate surface area is 222 Å². The molecule has 4 aromatic rings. The maximum absolute atomic E-state index is 14.1. The minimum atomic E-state index is -0.633. The molecule has 194 valence electrons. The van der Waals surface area contributed by atoms with Crippen LogP contribution in [-0.2, 0) is 29.2 Å². The zero-order valence-electron chi connectivity index (χ0n) is 21.1. The van der Waals surface area contributed by atoms with Crippen LogP contribution in [0.5, 0.6) is 5.75 Å². The zero-order valence-corrected chi connectivity index (χ0v) is 21.1. The summed E-state index contributed by atoms with van der Waals surface area (Å²) >= 11 is 0. The molecule has 1 aliphatic rings. The topological polar surface area (TPSA) is 50.8 Å². The van der Waals surface area contributed by atoms with E-state index in [0.717, 1.165) is 16.7 Å². The molecule has 1 aliphatic heterocycles. The molecule has 0 bridgehead atoms. The third-order valence-electron chi connectivity index (χ3n) is 6.61. The van der Waals surface area contributed by atoms with Gasteiger partial charge in [-0.2, -0.15) is 0 Å². The number of benzene rings is 4. The fourth-order valence-corrected chi connectivity index (χ4v) is 4.78. The minimum absolute atomic E-state index is 0.228. The first kappa shape index (κ1) is 25.6. The van der Waals surface area contributed by atoms with Gasteiger partial charge in [0.2, 0.25) is 5.91 Å². The first-order valence-electron chi connectivity index (χ1n) is 12.9. The molecule has 4 aromatic carbocycles. The standard InChI is InChI=1S/C32H31FN2O3/c33-27-16-17-29-28(20-27)34-32(36)31(30(38-29)18-19-37-23-26-14-8-3-9-15-26)35(21-24-10-4-1-5-11-24)22-25-12-6-2-7-13-25/h1-17,20,30-31H,18-19,21-23H2,(H,34,36)/t30-,31+/m1/s1. The first-order valence-corrected chi connectivity index (χ1v) is 12.9. The van der Waals surface area contributed by atoms with Gasteiger partial charge < -0.3 is 14.8 Å². The van der Waals surface area contributed by atoms with Gasteiger partial charge in [-0.15, -0.1) is 0 Å². The molecule has 1 N–H and O–H groups in total. The summed E-state index contributed by atoms with van der Waals surface area (Å²) in [4.78, 5) is 15.9. The van der Waals surface area contributed by atoms with Crippen LogP contribution < -0.4 is 10.1 Å². The second kappa shape index (κ2) is 12.5. The Balaban J connectivity index is 1.42. The Kier molecular flexibility index (Phi) is 8.43. The number of hydrogen-bond acceptors (Lipinski definition) is 4. The van der Waals surface area contributed by atoms with Gasteiger partial charge in [-0.05, 0) is 28.8 Å². The smallest absolute Gasteiger partial charge is 0.245 e. The van der Waals surface area contributed by atoms with E-state index in [1.165, 1.54) is 12.1 Å². The molecule has 0 unspecified atom stereocenters. The summed E-state index contributed by atoms with van der Waals surface area (Å²) in [5.41, 5.74) is 3.59. The van der Waals surface area contributed by atoms with Crippen molar-refractivity contribution in [3.05, 3.63) is 132 Å². The number of amides is 1. The molecule has 38 heavy (non-hydrogen) atoms. The predicted molar refractivity (Wildman–Crippen MR) is 146 cm³/mol. The van der Waals surface area contributed by atoms with Gasteiger partial charge in [-0.25, -0.2) is 4.39 Å². The van der Waals surface area contributed by atoms with Gasteiger partial charge in [-0.1, -0.05) is 91.0 Å². The number of carbonyl (C=O) groups excluding carboxylic acids is 1. The number of hydrogen-bond donors (Lipinski definition) is 1. The highest BCUT2D eigenvalue weighted by Crippen LogP contribution is 2.33. The van der Waals surface area contributed by atoms with Crippen LogP contribution in [-0.4, -0.2) is 29.6 Å². The summed E-state index contributed by atoms with van der Waals surface area (Å²) in [6, 6.07) is 33.7. The molecule has 0 saturated heterocycles. The summed E-state index contributed by atoms with van der Waals surface area (Å²) in [7, 11) is 0. The number of nitrogens with one attached hydrogen (secondary N) is 1. The number of halogens is 1. The maximum Gasteiger partial charge on any atom is 0.245 e. The number of fused-ring (bicyclic) bond motifs is 1. The quantitative estimate of drug-likeness (QED) is 0.258. The molecule has 5 rings (SSSR count). The van der Waals surface area contributed by atoms with Crippen molar-refractivity contribution in [1.29, 1.82) is 0 Å². The third kappa shape index (κ3) is 6.65. The second-order valence-corrected chi connectivity index (χ2v) is 9.43. The molecule has 0 fully saturated rings. The summed E-state index contributed by atoms with van der Waals surface area (Å²) in [6.07, 6.45) is -0.0214. The van der Waals surface area contributed by atoms with Crippen LogP contribution in [0.25, 0.3) is 0 Å². The second-order valence-electron chi connectivity index (χ2n) is 9.43. The van der Waals surface area contributed by atoms with Gasteiger partial charge in [0.1, 0.15) is 23.7 Å². The van der Waals surface area contributed by atoms with Crippen LogP contribution >= 0.6 is 0 Å². The molecule has 5 nitrogen and oxygen atoms in total. The highest BCUT2D eigenvalue weighted by molar-refractivity contribution is 5.97. The number of ether oxygens (including phenoxy) is 2. The molecule has 6 heteroatoms. The molecule has 0 radical (unpaired) electrons. The third-order valence-corrected chi connectivity index (χ3v) is 6.61. The van der Waals surface area contributed by atoms with Gasteiger partial charge in [0, 0.05) is 25.6 Å². The Morgan fingerprint density at radius 2 is 1.37 bits per heavy atom. The Morgan fingerprint density at radius 3 is 1.97 bits per heavy atom. The van der Waals surface area contributed by atoms with E-state index in [1.807, 2.05) is 66.7 Å². The van der Waals surface area contributed by atoms with Gasteiger partial charge >= 0.3 is 0 Å². The summed E-state index contributed by atoms with van der Waals surface area (Å²) in [5.74, 6) is -0.205. The van der Waals surface area contributed by atoms with Crippen LogP contribution in [0.4, 0.5) is 10.1 Å². The summed E-state index contributed by atoms with van der Waals surface area (Å²) in [5, 5.41) is 2.93. The number of carbonyl (C=O) groups is 1. The Bertz CT molecular complexity index is 1280. The number of nitrogens with zero attached hydrogens (tertiary/aromatic N) is 1. The van der Waals surface area contributed by atoms with E-state index in [2.05, 4.69) is 34.5 Å². The lowest BCUT2D eigenvalue weighted by Crippen LogP contribution is -2.51. The normalized spacial score (nSPS) is 16.8. The van der Waals surface area contributed by atoms with E-state index in [1.54, 1.807) is 6.07 Å². The largest absolute Gasteiger partial charge is 0.486 e. The lowest BCUT2D eigenvalue weighted by molar-refractivity contribution is -0.125. The van der Waals surface area contributed by atoms with Crippen LogP contribution in [0.2, 0.25) is 0 Å². The van der Waals surface area contributed by atoms with Crippen LogP contribution in [0, 0.1) is 5.82 Å². The SMILES string of the molecule is O=C1Nc2cc(F)ccc2O[C@H](CCOCc2ccccc2)[C@@H]1N(Cc1ccccc1)Cc1ccccc1. The van der Waals surface area contributed by atoms with E-state index in [-0.39, 0.29) is 5.91 Å². The molecule has 1 amide bonds. The molecule has 0 aliphatic carbocycles. The first-order chi connectivity index (χ1) is 18.7. The molecule has 0 spiro atoms. The fraction of sp³-hybridized carbons (Fsp3) is 0.219. The van der Waals surface area contributed by atoms with Gasteiger partial charge in [0.05, 0.1) is 18.9 Å². The average Bonchev–Trinajstić information content (AvgIpc) is 3.07. The number of anilines is 1. The van der Waals surface area contributed by atoms with Crippen molar-refractivity contribution in [1.82, 2.24) is 4.90 Å². The van der Waals surface area contributed by atoms with E-state index < -0.39 is 18.0 Å². The van der Waals surface area contributed by atoms with Crippen molar-refractivity contribution in [2.75, 3.05) is 11.9 Å². The zero-order chi connectivity index (χ0) is 26.2. The predicted octanol–water partition coefficient (Wildman–Crippen LogP) is 6.20. The highest BCUT2D eigenvalue weighted by Gasteiger charge is 2.38. The van der Waals surface area contributed by atoms with Crippen molar-refractivity contribution < 1.29 is 18.7 Å².